The molecule has 1 aromatic heterocycles. The largest absolute Gasteiger partial charge is 0.573 e. The summed E-state index contributed by atoms with van der Waals surface area (Å²) >= 11 is 1.58. The molecule has 2 unspecified atom stereocenters. The quantitative estimate of drug-likeness (QED) is 0.619. The van der Waals surface area contributed by atoms with Crippen LogP contribution in [0.15, 0.2) is 65.4 Å². The number of rotatable bonds is 6. The number of amides is 3. The van der Waals surface area contributed by atoms with Crippen molar-refractivity contribution in [2.24, 2.45) is 0 Å². The number of thiophene rings is 1. The number of alkyl halides is 3. The minimum atomic E-state index is -4.80. The van der Waals surface area contributed by atoms with Gasteiger partial charge in [-0.25, -0.2) is 4.79 Å². The van der Waals surface area contributed by atoms with Crippen molar-refractivity contribution in [3.8, 4) is 5.75 Å². The summed E-state index contributed by atoms with van der Waals surface area (Å²) in [5.41, 5.74) is 1.02. The smallest absolute Gasteiger partial charge is 0.406 e. The lowest BCUT2D eigenvalue weighted by atomic mass is 10.1. The van der Waals surface area contributed by atoms with Crippen molar-refractivity contribution < 1.29 is 32.2 Å². The zero-order chi connectivity index (χ0) is 25.2. The van der Waals surface area contributed by atoms with Crippen LogP contribution in [0.3, 0.4) is 0 Å². The van der Waals surface area contributed by atoms with Crippen LogP contribution in [0, 0.1) is 0 Å². The Hall–Kier alpha value is -3.51. The molecule has 0 saturated heterocycles. The number of likely N-dealkylation sites (N-methyl/N-ethyl adjacent to an activating group) is 1. The topological polar surface area (TPSA) is 83.1 Å². The van der Waals surface area contributed by atoms with E-state index in [-0.39, 0.29) is 30.9 Å². The number of allylic oxidation sites excluding steroid dienone is 1. The first-order valence-corrected chi connectivity index (χ1v) is 11.5. The number of carbonyl (C=O) groups is 2. The monoisotopic (exact) mass is 508 g/mol. The number of benzene rings is 1. The van der Waals surface area contributed by atoms with E-state index in [2.05, 4.69) is 15.4 Å². The summed E-state index contributed by atoms with van der Waals surface area (Å²) in [4.78, 5) is 30.0. The highest BCUT2D eigenvalue weighted by Gasteiger charge is 2.36. The fraction of sp³-hybridized carbons (Fsp3) is 0.304. The molecule has 0 spiro atoms. The van der Waals surface area contributed by atoms with E-state index in [1.54, 1.807) is 17.4 Å². The van der Waals surface area contributed by atoms with Gasteiger partial charge in [-0.2, -0.15) is 0 Å². The average molecular weight is 509 g/mol. The molecule has 2 aromatic rings. The van der Waals surface area contributed by atoms with Crippen molar-refractivity contribution >= 4 is 23.3 Å². The highest BCUT2D eigenvalue weighted by molar-refractivity contribution is 7.10. The van der Waals surface area contributed by atoms with Gasteiger partial charge >= 0.3 is 12.4 Å². The van der Waals surface area contributed by atoms with Crippen LogP contribution in [-0.2, 0) is 9.53 Å². The minimum absolute atomic E-state index is 0.0602. The zero-order valence-corrected chi connectivity index (χ0v) is 19.7. The van der Waals surface area contributed by atoms with Crippen LogP contribution in [0.4, 0.5) is 18.0 Å². The van der Waals surface area contributed by atoms with Gasteiger partial charge in [0.15, 0.2) is 0 Å². The maximum absolute atomic E-state index is 13.4. The number of methoxy groups -OCH3 is 1. The average Bonchev–Trinajstić information content (AvgIpc) is 3.32. The zero-order valence-electron chi connectivity index (χ0n) is 18.8. The van der Waals surface area contributed by atoms with Gasteiger partial charge in [-0.15, -0.1) is 24.5 Å². The number of carbonyl (C=O) groups excluding carboxylic acids is 2. The first-order valence-electron chi connectivity index (χ1n) is 10.6. The third-order valence-electron chi connectivity index (χ3n) is 5.50. The molecule has 4 rings (SSSR count). The third kappa shape index (κ3) is 5.60. The van der Waals surface area contributed by atoms with Gasteiger partial charge < -0.3 is 25.0 Å². The molecule has 186 valence electrons. The molecule has 2 N–H and O–H groups in total. The molecule has 0 aliphatic carbocycles. The molecule has 12 heteroatoms. The van der Waals surface area contributed by atoms with E-state index in [9.17, 15) is 22.8 Å². The Bertz CT molecular complexity index is 1130. The second-order valence-corrected chi connectivity index (χ2v) is 8.86. The van der Waals surface area contributed by atoms with Crippen LogP contribution < -0.4 is 15.4 Å². The maximum Gasteiger partial charge on any atom is 0.573 e. The second kappa shape index (κ2) is 10.0. The Balaban J connectivity index is 1.55. The molecule has 3 heterocycles. The molecular formula is C23H23F3N4O4S. The number of hydrogen-bond acceptors (Lipinski definition) is 6. The first-order chi connectivity index (χ1) is 16.7. The van der Waals surface area contributed by atoms with Gasteiger partial charge in [0.2, 0.25) is 5.91 Å². The van der Waals surface area contributed by atoms with E-state index >= 15 is 0 Å². The molecule has 1 aromatic carbocycles. The van der Waals surface area contributed by atoms with Crippen molar-refractivity contribution in [3.05, 3.63) is 75.9 Å². The lowest BCUT2D eigenvalue weighted by molar-refractivity contribution is -0.274. The van der Waals surface area contributed by atoms with E-state index < -0.39 is 18.4 Å². The number of nitrogens with one attached hydrogen (secondary N) is 2. The molecule has 2 aliphatic rings. The number of nitrogens with zero attached hydrogens (tertiary/aromatic N) is 2. The van der Waals surface area contributed by atoms with Gasteiger partial charge in [0.25, 0.3) is 0 Å². The van der Waals surface area contributed by atoms with Crippen LogP contribution in [-0.4, -0.2) is 55.4 Å². The fourth-order valence-electron chi connectivity index (χ4n) is 3.98. The lowest BCUT2D eigenvalue weighted by Crippen LogP contribution is -2.54. The summed E-state index contributed by atoms with van der Waals surface area (Å²) in [6.45, 7) is -0.136. The number of ether oxygens (including phenoxy) is 2. The van der Waals surface area contributed by atoms with E-state index in [1.165, 1.54) is 24.1 Å². The van der Waals surface area contributed by atoms with E-state index in [4.69, 9.17) is 4.74 Å². The SMILES string of the molecule is COCC(NC(=O)N1CC(=O)NC2=C1N(C)C(c1cccs1)C=C2)c1ccc(OC(F)(F)F)cc1. The van der Waals surface area contributed by atoms with Crippen molar-refractivity contribution in [3.63, 3.8) is 0 Å². The maximum atomic E-state index is 13.4. The summed E-state index contributed by atoms with van der Waals surface area (Å²) < 4.78 is 46.5. The van der Waals surface area contributed by atoms with Gasteiger partial charge in [-0.05, 0) is 35.2 Å². The van der Waals surface area contributed by atoms with Crippen LogP contribution >= 0.6 is 11.3 Å². The molecule has 2 atom stereocenters. The second-order valence-electron chi connectivity index (χ2n) is 7.88. The molecule has 35 heavy (non-hydrogen) atoms. The molecule has 3 amide bonds. The molecule has 0 bridgehead atoms. The van der Waals surface area contributed by atoms with Gasteiger partial charge in [0.1, 0.15) is 18.1 Å². The van der Waals surface area contributed by atoms with Crippen LogP contribution in [0.2, 0.25) is 0 Å². The van der Waals surface area contributed by atoms with Crippen molar-refractivity contribution in [1.82, 2.24) is 20.4 Å². The highest BCUT2D eigenvalue weighted by Crippen LogP contribution is 2.35. The summed E-state index contributed by atoms with van der Waals surface area (Å²) in [5.74, 6) is -0.182. The Morgan fingerprint density at radius 1 is 1.29 bits per heavy atom. The molecule has 0 radical (unpaired) electrons. The fourth-order valence-corrected chi connectivity index (χ4v) is 4.83. The number of urea groups is 1. The van der Waals surface area contributed by atoms with Crippen LogP contribution in [0.1, 0.15) is 22.5 Å². The first kappa shape index (κ1) is 24.6. The van der Waals surface area contributed by atoms with Gasteiger partial charge in [0, 0.05) is 19.0 Å². The Kier molecular flexibility index (Phi) is 7.03. The molecule has 0 saturated carbocycles. The van der Waals surface area contributed by atoms with E-state index in [0.29, 0.717) is 17.1 Å². The van der Waals surface area contributed by atoms with Gasteiger partial charge in [-0.1, -0.05) is 24.3 Å². The van der Waals surface area contributed by atoms with Gasteiger partial charge in [-0.3, -0.25) is 9.69 Å². The highest BCUT2D eigenvalue weighted by atomic mass is 32.1. The standard InChI is InChI=1S/C23H23F3N4O4S/c1-29-18(19-4-3-11-35-19)10-9-16-21(29)30(12-20(31)27-16)22(32)28-17(13-33-2)14-5-7-15(8-6-14)34-23(24,25)26/h3-11,17-18H,12-13H2,1-2H3,(H,27,31)(H,28,32). The number of hydrogen-bond donors (Lipinski definition) is 2. The molecule has 8 nitrogen and oxygen atoms in total. The van der Waals surface area contributed by atoms with Crippen molar-refractivity contribution in [2.45, 2.75) is 18.4 Å². The predicted octanol–water partition coefficient (Wildman–Crippen LogP) is 3.89. The Morgan fingerprint density at radius 3 is 2.66 bits per heavy atom. The normalized spacial score (nSPS) is 18.8. The van der Waals surface area contributed by atoms with Crippen LogP contribution in [0.25, 0.3) is 0 Å². The minimum Gasteiger partial charge on any atom is -0.406 e. The summed E-state index contributed by atoms with van der Waals surface area (Å²) in [7, 11) is 3.29. The lowest BCUT2D eigenvalue weighted by Gasteiger charge is -2.41. The van der Waals surface area contributed by atoms with Gasteiger partial charge in [0.05, 0.1) is 24.4 Å². The molecular weight excluding hydrogens is 485 g/mol. The van der Waals surface area contributed by atoms with E-state index in [0.717, 1.165) is 17.0 Å². The summed E-state index contributed by atoms with van der Waals surface area (Å²) in [6.07, 6.45) is -1.07. The Labute approximate surface area is 203 Å². The van der Waals surface area contributed by atoms with Crippen molar-refractivity contribution in [2.75, 3.05) is 27.3 Å². The van der Waals surface area contributed by atoms with E-state index in [1.807, 2.05) is 35.5 Å². The summed E-state index contributed by atoms with van der Waals surface area (Å²) in [5, 5.41) is 7.60. The Morgan fingerprint density at radius 2 is 2.03 bits per heavy atom. The summed E-state index contributed by atoms with van der Waals surface area (Å²) in [6, 6.07) is 7.76. The number of halogens is 3. The van der Waals surface area contributed by atoms with Crippen LogP contribution in [0.5, 0.6) is 5.75 Å². The molecule has 2 aliphatic heterocycles. The third-order valence-corrected chi connectivity index (χ3v) is 6.44. The predicted molar refractivity (Wildman–Crippen MR) is 122 cm³/mol. The van der Waals surface area contributed by atoms with Crippen molar-refractivity contribution in [1.29, 1.82) is 0 Å². The molecule has 0 fully saturated rings.